The Balaban J connectivity index is 2.15. The summed E-state index contributed by atoms with van der Waals surface area (Å²) < 4.78 is 0. The summed E-state index contributed by atoms with van der Waals surface area (Å²) in [5.41, 5.74) is 0.607. The van der Waals surface area contributed by atoms with Gasteiger partial charge in [-0.05, 0) is 44.1 Å². The van der Waals surface area contributed by atoms with E-state index in [0.29, 0.717) is 18.5 Å². The van der Waals surface area contributed by atoms with Gasteiger partial charge in [-0.3, -0.25) is 14.4 Å². The average Bonchev–Trinajstić information content (AvgIpc) is 3.45. The number of carboxylic acids is 1. The Morgan fingerprint density at radius 3 is 2.15 bits per heavy atom. The van der Waals surface area contributed by atoms with Crippen molar-refractivity contribution in [2.45, 2.75) is 84.0 Å². The van der Waals surface area contributed by atoms with Gasteiger partial charge < -0.3 is 31.4 Å². The number of nitrogens with one attached hydrogen (secondary N) is 5. The molecule has 2 heterocycles. The molecule has 1 fully saturated rings. The Bertz CT molecular complexity index is 820. The minimum atomic E-state index is -1.14. The van der Waals surface area contributed by atoms with Crippen LogP contribution in [0.1, 0.15) is 59.1 Å². The van der Waals surface area contributed by atoms with Crippen LogP contribution in [0.15, 0.2) is 12.5 Å². The Morgan fingerprint density at radius 1 is 1.00 bits per heavy atom. The number of carbonyl (C=O) groups excluding carboxylic acids is 3. The van der Waals surface area contributed by atoms with Crippen LogP contribution >= 0.6 is 0 Å². The van der Waals surface area contributed by atoms with E-state index in [2.05, 4.69) is 31.2 Å². The zero-order chi connectivity index (χ0) is 25.3. The van der Waals surface area contributed by atoms with Crippen LogP contribution in [0.3, 0.4) is 0 Å². The number of carbonyl (C=O) groups is 4. The number of hydrogen-bond acceptors (Lipinski definition) is 6. The van der Waals surface area contributed by atoms with E-state index in [9.17, 15) is 24.3 Å². The largest absolute Gasteiger partial charge is 0.480 e. The summed E-state index contributed by atoms with van der Waals surface area (Å²) in [5, 5.41) is 20.7. The third-order valence-electron chi connectivity index (χ3n) is 5.65. The quantitative estimate of drug-likeness (QED) is 0.238. The van der Waals surface area contributed by atoms with Gasteiger partial charge in [0.25, 0.3) is 0 Å². The Kier molecular flexibility index (Phi) is 10.5. The number of carboxylic acid groups (broad SMARTS) is 1. The Labute approximate surface area is 200 Å². The molecule has 190 valence electrons. The van der Waals surface area contributed by atoms with Gasteiger partial charge in [0.1, 0.15) is 18.1 Å². The van der Waals surface area contributed by atoms with Gasteiger partial charge in [-0.2, -0.15) is 0 Å². The minimum Gasteiger partial charge on any atom is -0.480 e. The van der Waals surface area contributed by atoms with Crippen molar-refractivity contribution >= 4 is 23.7 Å². The monoisotopic (exact) mass is 478 g/mol. The summed E-state index contributed by atoms with van der Waals surface area (Å²) in [6.45, 7) is 8.37. The lowest BCUT2D eigenvalue weighted by Crippen LogP contribution is -2.57. The molecule has 0 spiro atoms. The molecule has 34 heavy (non-hydrogen) atoms. The molecule has 4 unspecified atom stereocenters. The molecule has 0 radical (unpaired) electrons. The first kappa shape index (κ1) is 27.3. The molecule has 4 atom stereocenters. The highest BCUT2D eigenvalue weighted by molar-refractivity contribution is 5.94. The summed E-state index contributed by atoms with van der Waals surface area (Å²) in [6, 6.07) is -3.27. The molecule has 3 amide bonds. The molecule has 1 aliphatic rings. The van der Waals surface area contributed by atoms with Gasteiger partial charge >= 0.3 is 5.97 Å². The standard InChI is InChI=1S/C23H38N6O5/c1-13(2)8-17(27-20(30)16-6-5-7-25-16)21(31)28-18(10-15-11-24-12-26-15)22(32)29-19(23(33)34)9-14(3)4/h11-14,16-19,25H,5-10H2,1-4H3,(H,24,26)(H,27,30)(H,28,31)(H,29,32)(H,33,34). The molecule has 1 aromatic rings. The zero-order valence-electron chi connectivity index (χ0n) is 20.4. The van der Waals surface area contributed by atoms with E-state index in [-0.39, 0.29) is 36.6 Å². The summed E-state index contributed by atoms with van der Waals surface area (Å²) in [7, 11) is 0. The summed E-state index contributed by atoms with van der Waals surface area (Å²) in [6.07, 6.45) is 5.35. The fraction of sp³-hybridized carbons (Fsp3) is 0.696. The SMILES string of the molecule is CC(C)CC(NC(=O)C(Cc1cnc[nH]1)NC(=O)C(CC(C)C)NC(=O)C1CCCN1)C(=O)O. The van der Waals surface area contributed by atoms with Crippen molar-refractivity contribution in [2.75, 3.05) is 6.54 Å². The first-order chi connectivity index (χ1) is 16.1. The number of hydrogen-bond donors (Lipinski definition) is 6. The van der Waals surface area contributed by atoms with Crippen LogP contribution in [0.4, 0.5) is 0 Å². The van der Waals surface area contributed by atoms with E-state index >= 15 is 0 Å². The van der Waals surface area contributed by atoms with Crippen LogP contribution in [0.5, 0.6) is 0 Å². The number of rotatable bonds is 13. The zero-order valence-corrected chi connectivity index (χ0v) is 20.4. The number of amides is 3. The van der Waals surface area contributed by atoms with Gasteiger partial charge in [0.2, 0.25) is 17.7 Å². The molecule has 0 bridgehead atoms. The second-order valence-corrected chi connectivity index (χ2v) is 9.71. The third-order valence-corrected chi connectivity index (χ3v) is 5.65. The predicted octanol–water partition coefficient (Wildman–Crippen LogP) is 0.335. The fourth-order valence-electron chi connectivity index (χ4n) is 3.95. The lowest BCUT2D eigenvalue weighted by Gasteiger charge is -2.26. The van der Waals surface area contributed by atoms with E-state index in [4.69, 9.17) is 0 Å². The lowest BCUT2D eigenvalue weighted by atomic mass is 10.0. The van der Waals surface area contributed by atoms with Gasteiger partial charge in [-0.25, -0.2) is 9.78 Å². The molecule has 0 saturated carbocycles. The lowest BCUT2D eigenvalue weighted by molar-refractivity contribution is -0.142. The highest BCUT2D eigenvalue weighted by Crippen LogP contribution is 2.11. The summed E-state index contributed by atoms with van der Waals surface area (Å²) in [5.74, 6) is -2.30. The molecule has 6 N–H and O–H groups in total. The van der Waals surface area contributed by atoms with E-state index in [1.807, 2.05) is 27.7 Å². The predicted molar refractivity (Wildman–Crippen MR) is 126 cm³/mol. The molecule has 1 aromatic heterocycles. The fourth-order valence-corrected chi connectivity index (χ4v) is 3.95. The Hall–Kier alpha value is -2.95. The van der Waals surface area contributed by atoms with Crippen LogP contribution in [-0.4, -0.2) is 69.5 Å². The van der Waals surface area contributed by atoms with Crippen molar-refractivity contribution in [3.05, 3.63) is 18.2 Å². The average molecular weight is 479 g/mol. The van der Waals surface area contributed by atoms with Gasteiger partial charge in [-0.15, -0.1) is 0 Å². The van der Waals surface area contributed by atoms with Crippen molar-refractivity contribution in [3.8, 4) is 0 Å². The number of imidazole rings is 1. The van der Waals surface area contributed by atoms with Crippen LogP contribution in [0.2, 0.25) is 0 Å². The maximum Gasteiger partial charge on any atom is 0.326 e. The molecule has 1 saturated heterocycles. The first-order valence-corrected chi connectivity index (χ1v) is 11.9. The van der Waals surface area contributed by atoms with Gasteiger partial charge in [0.05, 0.1) is 12.4 Å². The van der Waals surface area contributed by atoms with Crippen molar-refractivity contribution in [1.29, 1.82) is 0 Å². The first-order valence-electron chi connectivity index (χ1n) is 11.9. The van der Waals surface area contributed by atoms with E-state index < -0.39 is 35.9 Å². The molecule has 0 aliphatic carbocycles. The van der Waals surface area contributed by atoms with Crippen molar-refractivity contribution in [3.63, 3.8) is 0 Å². The van der Waals surface area contributed by atoms with Crippen LogP contribution in [-0.2, 0) is 25.6 Å². The van der Waals surface area contributed by atoms with E-state index in [1.165, 1.54) is 12.5 Å². The maximum absolute atomic E-state index is 13.2. The highest BCUT2D eigenvalue weighted by Gasteiger charge is 2.32. The van der Waals surface area contributed by atoms with Crippen LogP contribution in [0.25, 0.3) is 0 Å². The second-order valence-electron chi connectivity index (χ2n) is 9.71. The summed E-state index contributed by atoms with van der Waals surface area (Å²) >= 11 is 0. The molecule has 0 aromatic carbocycles. The van der Waals surface area contributed by atoms with E-state index in [1.54, 1.807) is 0 Å². The maximum atomic E-state index is 13.2. The smallest absolute Gasteiger partial charge is 0.326 e. The van der Waals surface area contributed by atoms with E-state index in [0.717, 1.165) is 13.0 Å². The summed E-state index contributed by atoms with van der Waals surface area (Å²) in [4.78, 5) is 57.4. The minimum absolute atomic E-state index is 0.0527. The molecule has 11 heteroatoms. The molecular formula is C23H38N6O5. The molecule has 1 aliphatic heterocycles. The van der Waals surface area contributed by atoms with Crippen molar-refractivity contribution in [1.82, 2.24) is 31.2 Å². The third kappa shape index (κ3) is 8.77. The van der Waals surface area contributed by atoms with Crippen LogP contribution in [0, 0.1) is 11.8 Å². The van der Waals surface area contributed by atoms with Crippen molar-refractivity contribution in [2.24, 2.45) is 11.8 Å². The number of aromatic nitrogens is 2. The van der Waals surface area contributed by atoms with Crippen LogP contribution < -0.4 is 21.3 Å². The number of nitrogens with zero attached hydrogens (tertiary/aromatic N) is 1. The second kappa shape index (κ2) is 13.1. The van der Waals surface area contributed by atoms with Crippen molar-refractivity contribution < 1.29 is 24.3 Å². The Morgan fingerprint density at radius 2 is 1.62 bits per heavy atom. The van der Waals surface area contributed by atoms with Gasteiger partial charge in [0, 0.05) is 18.3 Å². The number of H-pyrrole nitrogens is 1. The van der Waals surface area contributed by atoms with Gasteiger partial charge in [-0.1, -0.05) is 27.7 Å². The topological polar surface area (TPSA) is 165 Å². The number of aromatic amines is 1. The van der Waals surface area contributed by atoms with Gasteiger partial charge in [0.15, 0.2) is 0 Å². The molecular weight excluding hydrogens is 440 g/mol. The number of aliphatic carboxylic acids is 1. The normalized spacial score (nSPS) is 18.4. The molecule has 11 nitrogen and oxygen atoms in total. The molecule has 2 rings (SSSR count). The highest BCUT2D eigenvalue weighted by atomic mass is 16.4.